The van der Waals surface area contributed by atoms with E-state index in [1.165, 1.54) is 12.8 Å². The van der Waals surface area contributed by atoms with Gasteiger partial charge in [0.05, 0.1) is 6.61 Å². The molecule has 0 spiro atoms. The molecule has 0 saturated heterocycles. The summed E-state index contributed by atoms with van der Waals surface area (Å²) in [4.78, 5) is 14.3. The van der Waals surface area contributed by atoms with Crippen LogP contribution < -0.4 is 5.73 Å². The molecule has 1 aliphatic rings. The molecule has 0 aliphatic heterocycles. The van der Waals surface area contributed by atoms with Crippen molar-refractivity contribution in [3.63, 3.8) is 0 Å². The number of hydrogen-bond acceptors (Lipinski definition) is 3. The minimum absolute atomic E-state index is 0.0449. The Balaban J connectivity index is 2.07. The lowest BCUT2D eigenvalue weighted by atomic mass is 10.1. The van der Waals surface area contributed by atoms with Gasteiger partial charge in [-0.2, -0.15) is 0 Å². The lowest BCUT2D eigenvalue weighted by Gasteiger charge is -2.27. The standard InChI is InChI=1S/C14H23N3O2/c1-16(13(10-15)11-5-6-11)14(18)12-4-3-7-17(12)8-9-19-2/h3-4,7,11,13H,5-6,8-10,15H2,1-2H3. The Labute approximate surface area is 114 Å². The van der Waals surface area contributed by atoms with Gasteiger partial charge in [-0.15, -0.1) is 0 Å². The lowest BCUT2D eigenvalue weighted by molar-refractivity contribution is 0.0705. The van der Waals surface area contributed by atoms with Gasteiger partial charge < -0.3 is 19.9 Å². The SMILES string of the molecule is COCCn1cccc1C(=O)N(C)C(CN)C1CC1. The highest BCUT2D eigenvalue weighted by Gasteiger charge is 2.35. The van der Waals surface area contributed by atoms with Gasteiger partial charge in [-0.25, -0.2) is 0 Å². The number of nitrogens with two attached hydrogens (primary N) is 1. The number of ether oxygens (including phenoxy) is 1. The van der Waals surface area contributed by atoms with Crippen LogP contribution in [0, 0.1) is 5.92 Å². The average Bonchev–Trinajstić information content (AvgIpc) is 3.14. The Morgan fingerprint density at radius 3 is 2.95 bits per heavy atom. The van der Waals surface area contributed by atoms with Crippen molar-refractivity contribution in [1.29, 1.82) is 0 Å². The van der Waals surface area contributed by atoms with Crippen molar-refractivity contribution in [1.82, 2.24) is 9.47 Å². The molecule has 2 rings (SSSR count). The molecule has 1 aromatic rings. The highest BCUT2D eigenvalue weighted by Crippen LogP contribution is 2.34. The van der Waals surface area contributed by atoms with Gasteiger partial charge in [0.1, 0.15) is 5.69 Å². The number of rotatable bonds is 7. The zero-order valence-corrected chi connectivity index (χ0v) is 11.7. The molecule has 1 aliphatic carbocycles. The first-order valence-corrected chi connectivity index (χ1v) is 6.80. The first-order valence-electron chi connectivity index (χ1n) is 6.80. The van der Waals surface area contributed by atoms with E-state index in [9.17, 15) is 4.79 Å². The number of carbonyl (C=O) groups is 1. The molecule has 1 amide bonds. The molecule has 1 unspecified atom stereocenters. The Hall–Kier alpha value is -1.33. The largest absolute Gasteiger partial charge is 0.383 e. The van der Waals surface area contributed by atoms with E-state index < -0.39 is 0 Å². The zero-order valence-electron chi connectivity index (χ0n) is 11.7. The quantitative estimate of drug-likeness (QED) is 0.798. The summed E-state index contributed by atoms with van der Waals surface area (Å²) in [6, 6.07) is 3.92. The molecule has 5 heteroatoms. The maximum atomic E-state index is 12.5. The molecule has 1 aromatic heterocycles. The summed E-state index contributed by atoms with van der Waals surface area (Å²) >= 11 is 0. The van der Waals surface area contributed by atoms with Gasteiger partial charge in [0.25, 0.3) is 5.91 Å². The first kappa shape index (κ1) is 14.1. The summed E-state index contributed by atoms with van der Waals surface area (Å²) in [6.45, 7) is 1.82. The van der Waals surface area contributed by atoms with Crippen LogP contribution in [-0.4, -0.2) is 48.7 Å². The van der Waals surface area contributed by atoms with Gasteiger partial charge in [0.2, 0.25) is 0 Å². The van der Waals surface area contributed by atoms with Crippen molar-refractivity contribution < 1.29 is 9.53 Å². The van der Waals surface area contributed by atoms with Gasteiger partial charge in [-0.3, -0.25) is 4.79 Å². The highest BCUT2D eigenvalue weighted by molar-refractivity contribution is 5.92. The minimum Gasteiger partial charge on any atom is -0.383 e. The van der Waals surface area contributed by atoms with Crippen LogP contribution in [0.15, 0.2) is 18.3 Å². The van der Waals surface area contributed by atoms with Gasteiger partial charge >= 0.3 is 0 Å². The number of aromatic nitrogens is 1. The molecule has 106 valence electrons. The molecular weight excluding hydrogens is 242 g/mol. The second-order valence-electron chi connectivity index (χ2n) is 5.14. The van der Waals surface area contributed by atoms with Crippen LogP contribution in [-0.2, 0) is 11.3 Å². The topological polar surface area (TPSA) is 60.5 Å². The normalized spacial score (nSPS) is 16.4. The molecule has 2 N–H and O–H groups in total. The first-order chi connectivity index (χ1) is 9.19. The molecule has 1 saturated carbocycles. The fourth-order valence-corrected chi connectivity index (χ4v) is 2.47. The van der Waals surface area contributed by atoms with E-state index in [1.54, 1.807) is 12.0 Å². The molecule has 0 radical (unpaired) electrons. The second-order valence-corrected chi connectivity index (χ2v) is 5.14. The molecule has 1 atom stereocenters. The van der Waals surface area contributed by atoms with Crippen molar-refractivity contribution in [2.45, 2.75) is 25.4 Å². The molecule has 19 heavy (non-hydrogen) atoms. The van der Waals surface area contributed by atoms with Gasteiger partial charge in [0.15, 0.2) is 0 Å². The number of likely N-dealkylation sites (N-methyl/N-ethyl adjacent to an activating group) is 1. The third-order valence-corrected chi connectivity index (χ3v) is 3.81. The molecule has 5 nitrogen and oxygen atoms in total. The van der Waals surface area contributed by atoms with Crippen LogP contribution >= 0.6 is 0 Å². The maximum absolute atomic E-state index is 12.5. The fraction of sp³-hybridized carbons (Fsp3) is 0.643. The predicted octanol–water partition coefficient (Wildman–Crippen LogP) is 0.944. The van der Waals surface area contributed by atoms with Gasteiger partial charge in [-0.05, 0) is 30.9 Å². The maximum Gasteiger partial charge on any atom is 0.270 e. The number of carbonyl (C=O) groups excluding carboxylic acids is 1. The smallest absolute Gasteiger partial charge is 0.270 e. The van der Waals surface area contributed by atoms with Gasteiger partial charge in [0, 0.05) is 39.5 Å². The molecule has 1 fully saturated rings. The predicted molar refractivity (Wildman–Crippen MR) is 74.0 cm³/mol. The number of methoxy groups -OCH3 is 1. The van der Waals surface area contributed by atoms with E-state index in [4.69, 9.17) is 10.5 Å². The van der Waals surface area contributed by atoms with E-state index in [-0.39, 0.29) is 11.9 Å². The Morgan fingerprint density at radius 1 is 1.63 bits per heavy atom. The Bertz CT molecular complexity index is 426. The van der Waals surface area contributed by atoms with Crippen molar-refractivity contribution in [3.8, 4) is 0 Å². The van der Waals surface area contributed by atoms with E-state index in [0.29, 0.717) is 31.3 Å². The van der Waals surface area contributed by atoms with E-state index in [2.05, 4.69) is 0 Å². The van der Waals surface area contributed by atoms with Crippen LogP contribution in [0.4, 0.5) is 0 Å². The van der Waals surface area contributed by atoms with Crippen LogP contribution in [0.2, 0.25) is 0 Å². The average molecular weight is 265 g/mol. The van der Waals surface area contributed by atoms with Crippen molar-refractivity contribution in [2.75, 3.05) is 27.3 Å². The summed E-state index contributed by atoms with van der Waals surface area (Å²) in [7, 11) is 3.51. The fourth-order valence-electron chi connectivity index (χ4n) is 2.47. The lowest BCUT2D eigenvalue weighted by Crippen LogP contribution is -2.43. The summed E-state index contributed by atoms with van der Waals surface area (Å²) in [5, 5.41) is 0. The minimum atomic E-state index is 0.0449. The van der Waals surface area contributed by atoms with Crippen LogP contribution in [0.3, 0.4) is 0 Å². The van der Waals surface area contributed by atoms with Gasteiger partial charge in [-0.1, -0.05) is 0 Å². The third-order valence-electron chi connectivity index (χ3n) is 3.81. The van der Waals surface area contributed by atoms with E-state index in [1.807, 2.05) is 29.9 Å². The summed E-state index contributed by atoms with van der Waals surface area (Å²) in [5.41, 5.74) is 6.51. The Kier molecular flexibility index (Phi) is 4.61. The van der Waals surface area contributed by atoms with Crippen molar-refractivity contribution in [3.05, 3.63) is 24.0 Å². The van der Waals surface area contributed by atoms with Crippen molar-refractivity contribution in [2.24, 2.45) is 11.7 Å². The molecule has 0 bridgehead atoms. The van der Waals surface area contributed by atoms with E-state index in [0.717, 1.165) is 0 Å². The van der Waals surface area contributed by atoms with Crippen LogP contribution in [0.25, 0.3) is 0 Å². The van der Waals surface area contributed by atoms with Crippen LogP contribution in [0.5, 0.6) is 0 Å². The monoisotopic (exact) mass is 265 g/mol. The summed E-state index contributed by atoms with van der Waals surface area (Å²) in [6.07, 6.45) is 4.28. The number of amides is 1. The highest BCUT2D eigenvalue weighted by atomic mass is 16.5. The summed E-state index contributed by atoms with van der Waals surface area (Å²) < 4.78 is 6.99. The number of hydrogen-bond donors (Lipinski definition) is 1. The summed E-state index contributed by atoms with van der Waals surface area (Å²) in [5.74, 6) is 0.629. The second kappa shape index (κ2) is 6.21. The third kappa shape index (κ3) is 3.16. The zero-order chi connectivity index (χ0) is 13.8. The van der Waals surface area contributed by atoms with Crippen molar-refractivity contribution >= 4 is 5.91 Å². The molecular formula is C14H23N3O2. The number of nitrogens with zero attached hydrogens (tertiary/aromatic N) is 2. The molecule has 1 heterocycles. The van der Waals surface area contributed by atoms with E-state index >= 15 is 0 Å². The van der Waals surface area contributed by atoms with Crippen LogP contribution in [0.1, 0.15) is 23.3 Å². The molecule has 0 aromatic carbocycles. The Morgan fingerprint density at radius 2 is 2.37 bits per heavy atom.